The average molecular weight is 455 g/mol. The van der Waals surface area contributed by atoms with Gasteiger partial charge in [0.25, 0.3) is 0 Å². The highest BCUT2D eigenvalue weighted by Crippen LogP contribution is 2.38. The lowest BCUT2D eigenvalue weighted by atomic mass is 9.78. The molecule has 0 heterocycles. The molecule has 3 aromatic rings. The molecule has 0 aliphatic heterocycles. The van der Waals surface area contributed by atoms with Crippen LogP contribution in [0.15, 0.2) is 54.6 Å². The van der Waals surface area contributed by atoms with Crippen LogP contribution in [0.25, 0.3) is 11.1 Å². The summed E-state index contributed by atoms with van der Waals surface area (Å²) in [7, 11) is 1.44. The number of ether oxygens (including phenoxy) is 1. The molecule has 174 valence electrons. The molecule has 1 fully saturated rings. The molecule has 0 radical (unpaired) electrons. The Labute approximate surface area is 193 Å². The standard InChI is InChI=1S/C28H29F3O2/c1-33-26-15-8-19(16-25(26)29)3-2-18-4-9-21(10-5-18)23-13-14-24(28(31)27(23)30)22-11-6-20(17-32)7-12-22/h4-5,8-10,13-16,20,22,32H,2-3,6-7,11-12,17H2,1H3. The quantitative estimate of drug-likeness (QED) is 0.424. The van der Waals surface area contributed by atoms with Crippen LogP contribution in [0.4, 0.5) is 13.2 Å². The van der Waals surface area contributed by atoms with Crippen molar-refractivity contribution < 1.29 is 23.0 Å². The molecule has 0 unspecified atom stereocenters. The molecular formula is C28H29F3O2. The Balaban J connectivity index is 1.44. The topological polar surface area (TPSA) is 29.5 Å². The van der Waals surface area contributed by atoms with Crippen molar-refractivity contribution in [1.82, 2.24) is 0 Å². The van der Waals surface area contributed by atoms with E-state index >= 15 is 0 Å². The molecule has 1 saturated carbocycles. The highest BCUT2D eigenvalue weighted by molar-refractivity contribution is 5.65. The van der Waals surface area contributed by atoms with Crippen molar-refractivity contribution in [3.8, 4) is 16.9 Å². The van der Waals surface area contributed by atoms with Gasteiger partial charge < -0.3 is 9.84 Å². The molecule has 0 spiro atoms. The highest BCUT2D eigenvalue weighted by Gasteiger charge is 2.26. The van der Waals surface area contributed by atoms with Crippen molar-refractivity contribution >= 4 is 0 Å². The number of hydrogen-bond acceptors (Lipinski definition) is 2. The zero-order valence-corrected chi connectivity index (χ0v) is 18.8. The van der Waals surface area contributed by atoms with Crippen LogP contribution in [0.2, 0.25) is 0 Å². The highest BCUT2D eigenvalue weighted by atomic mass is 19.2. The van der Waals surface area contributed by atoms with Crippen LogP contribution in [0, 0.1) is 23.4 Å². The molecule has 0 bridgehead atoms. The molecule has 0 aromatic heterocycles. The molecule has 4 rings (SSSR count). The molecule has 0 saturated heterocycles. The lowest BCUT2D eigenvalue weighted by Crippen LogP contribution is -2.17. The summed E-state index contributed by atoms with van der Waals surface area (Å²) in [4.78, 5) is 0. The van der Waals surface area contributed by atoms with E-state index in [0.717, 1.165) is 36.8 Å². The number of benzene rings is 3. The van der Waals surface area contributed by atoms with Gasteiger partial charge >= 0.3 is 0 Å². The van der Waals surface area contributed by atoms with E-state index < -0.39 is 11.6 Å². The predicted octanol–water partition coefficient (Wildman–Crippen LogP) is 6.83. The van der Waals surface area contributed by atoms with E-state index in [4.69, 9.17) is 4.74 Å². The minimum absolute atomic E-state index is 0.00140. The van der Waals surface area contributed by atoms with Gasteiger partial charge in [0.2, 0.25) is 0 Å². The van der Waals surface area contributed by atoms with Gasteiger partial charge in [0, 0.05) is 12.2 Å². The van der Waals surface area contributed by atoms with E-state index in [2.05, 4.69) is 0 Å². The van der Waals surface area contributed by atoms with Crippen molar-refractivity contribution in [2.45, 2.75) is 44.4 Å². The molecule has 0 atom stereocenters. The lowest BCUT2D eigenvalue weighted by Gasteiger charge is -2.28. The monoisotopic (exact) mass is 454 g/mol. The predicted molar refractivity (Wildman–Crippen MR) is 124 cm³/mol. The van der Waals surface area contributed by atoms with Gasteiger partial charge in [0.1, 0.15) is 0 Å². The third-order valence-corrected chi connectivity index (χ3v) is 6.84. The van der Waals surface area contributed by atoms with Crippen LogP contribution in [0.5, 0.6) is 5.75 Å². The minimum Gasteiger partial charge on any atom is -0.494 e. The Morgan fingerprint density at radius 2 is 1.48 bits per heavy atom. The van der Waals surface area contributed by atoms with Crippen molar-refractivity contribution in [3.63, 3.8) is 0 Å². The summed E-state index contributed by atoms with van der Waals surface area (Å²) in [5, 5.41) is 9.30. The van der Waals surface area contributed by atoms with Crippen molar-refractivity contribution in [2.24, 2.45) is 5.92 Å². The Kier molecular flexibility index (Phi) is 7.39. The zero-order valence-electron chi connectivity index (χ0n) is 18.8. The maximum absolute atomic E-state index is 15.0. The minimum atomic E-state index is -0.807. The number of halogens is 3. The average Bonchev–Trinajstić information content (AvgIpc) is 2.85. The Bertz CT molecular complexity index is 1090. The number of aryl methyl sites for hydroxylation is 2. The molecule has 3 aromatic carbocycles. The normalized spacial score (nSPS) is 18.3. The van der Waals surface area contributed by atoms with E-state index in [0.29, 0.717) is 24.0 Å². The van der Waals surface area contributed by atoms with Crippen LogP contribution in [-0.2, 0) is 12.8 Å². The smallest absolute Gasteiger partial charge is 0.166 e. The fraction of sp³-hybridized carbons (Fsp3) is 0.357. The van der Waals surface area contributed by atoms with Crippen molar-refractivity contribution in [1.29, 1.82) is 0 Å². The Morgan fingerprint density at radius 1 is 0.818 bits per heavy atom. The summed E-state index contributed by atoms with van der Waals surface area (Å²) in [5.41, 5.74) is 3.23. The van der Waals surface area contributed by atoms with E-state index in [1.165, 1.54) is 13.2 Å². The summed E-state index contributed by atoms with van der Waals surface area (Å²) in [6.07, 6.45) is 4.60. The van der Waals surface area contributed by atoms with Crippen LogP contribution in [-0.4, -0.2) is 18.8 Å². The van der Waals surface area contributed by atoms with E-state index in [-0.39, 0.29) is 35.6 Å². The summed E-state index contributed by atoms with van der Waals surface area (Å²) in [6, 6.07) is 15.7. The number of aliphatic hydroxyl groups excluding tert-OH is 1. The summed E-state index contributed by atoms with van der Waals surface area (Å²) in [5.74, 6) is -1.45. The number of hydrogen-bond donors (Lipinski definition) is 1. The second-order valence-corrected chi connectivity index (χ2v) is 8.90. The second-order valence-electron chi connectivity index (χ2n) is 8.90. The molecule has 33 heavy (non-hydrogen) atoms. The van der Waals surface area contributed by atoms with Crippen molar-refractivity contribution in [3.05, 3.63) is 88.7 Å². The first kappa shape index (κ1) is 23.4. The van der Waals surface area contributed by atoms with E-state index in [1.54, 1.807) is 30.3 Å². The molecule has 1 aliphatic carbocycles. The van der Waals surface area contributed by atoms with Crippen LogP contribution < -0.4 is 4.74 Å². The second kappa shape index (κ2) is 10.4. The zero-order chi connectivity index (χ0) is 23.4. The van der Waals surface area contributed by atoms with E-state index in [9.17, 15) is 18.3 Å². The lowest BCUT2D eigenvalue weighted by molar-refractivity contribution is 0.181. The Hall–Kier alpha value is -2.79. The van der Waals surface area contributed by atoms with Crippen molar-refractivity contribution in [2.75, 3.05) is 13.7 Å². The van der Waals surface area contributed by atoms with Crippen LogP contribution in [0.1, 0.15) is 48.3 Å². The van der Waals surface area contributed by atoms with Gasteiger partial charge in [-0.2, -0.15) is 0 Å². The summed E-state index contributed by atoms with van der Waals surface area (Å²) in [6.45, 7) is 0.162. The van der Waals surface area contributed by atoms with Gasteiger partial charge in [-0.15, -0.1) is 0 Å². The molecule has 5 heteroatoms. The number of rotatable bonds is 7. The maximum Gasteiger partial charge on any atom is 0.166 e. The molecule has 2 nitrogen and oxygen atoms in total. The third-order valence-electron chi connectivity index (χ3n) is 6.84. The summed E-state index contributed by atoms with van der Waals surface area (Å²) < 4.78 is 48.7. The molecule has 0 amide bonds. The van der Waals surface area contributed by atoms with Gasteiger partial charge in [-0.3, -0.25) is 0 Å². The fourth-order valence-electron chi connectivity index (χ4n) is 4.76. The van der Waals surface area contributed by atoms with Crippen LogP contribution in [0.3, 0.4) is 0 Å². The van der Waals surface area contributed by atoms with Crippen LogP contribution >= 0.6 is 0 Å². The first-order valence-electron chi connectivity index (χ1n) is 11.5. The summed E-state index contributed by atoms with van der Waals surface area (Å²) >= 11 is 0. The first-order valence-corrected chi connectivity index (χ1v) is 11.5. The largest absolute Gasteiger partial charge is 0.494 e. The van der Waals surface area contributed by atoms with Gasteiger partial charge in [-0.05, 0) is 84.7 Å². The molecular weight excluding hydrogens is 425 g/mol. The fourth-order valence-corrected chi connectivity index (χ4v) is 4.76. The first-order chi connectivity index (χ1) is 16.0. The number of methoxy groups -OCH3 is 1. The van der Waals surface area contributed by atoms with Gasteiger partial charge in [-0.1, -0.05) is 42.5 Å². The SMILES string of the molecule is COc1ccc(CCc2ccc(-c3ccc(C4CCC(CO)CC4)c(F)c3F)cc2)cc1F. The van der Waals surface area contributed by atoms with Gasteiger partial charge in [0.15, 0.2) is 23.2 Å². The Morgan fingerprint density at radius 3 is 2.12 bits per heavy atom. The van der Waals surface area contributed by atoms with E-state index in [1.807, 2.05) is 18.2 Å². The van der Waals surface area contributed by atoms with Gasteiger partial charge in [-0.25, -0.2) is 13.2 Å². The molecule has 1 aliphatic rings. The number of aliphatic hydroxyl groups is 1. The van der Waals surface area contributed by atoms with Gasteiger partial charge in [0.05, 0.1) is 7.11 Å². The third kappa shape index (κ3) is 5.25. The molecule has 1 N–H and O–H groups in total. The maximum atomic E-state index is 15.0.